The number of anilines is 2. The van der Waals surface area contributed by atoms with Crippen LogP contribution < -0.4 is 15.4 Å². The molecule has 0 fully saturated rings. The minimum Gasteiger partial charge on any atom is -0.490 e. The van der Waals surface area contributed by atoms with E-state index in [-0.39, 0.29) is 11.8 Å². The summed E-state index contributed by atoms with van der Waals surface area (Å²) >= 11 is 0. The van der Waals surface area contributed by atoms with Gasteiger partial charge in [-0.1, -0.05) is 18.7 Å². The molecule has 0 aliphatic heterocycles. The molecule has 0 aliphatic carbocycles. The van der Waals surface area contributed by atoms with E-state index in [0.29, 0.717) is 29.3 Å². The topological polar surface area (TPSA) is 67.4 Å². The lowest BCUT2D eigenvalue weighted by atomic mass is 10.1. The van der Waals surface area contributed by atoms with Crippen molar-refractivity contribution in [2.45, 2.75) is 13.8 Å². The third-order valence-electron chi connectivity index (χ3n) is 3.29. The third kappa shape index (κ3) is 4.71. The molecule has 0 atom stereocenters. The summed E-state index contributed by atoms with van der Waals surface area (Å²) in [5.41, 5.74) is 2.73. The molecule has 2 N–H and O–H groups in total. The van der Waals surface area contributed by atoms with Crippen molar-refractivity contribution in [1.29, 1.82) is 0 Å². The van der Waals surface area contributed by atoms with E-state index in [4.69, 9.17) is 4.74 Å². The Bertz CT molecular complexity index is 752. The number of amides is 2. The number of benzene rings is 2. The minimum absolute atomic E-state index is 0.156. The van der Waals surface area contributed by atoms with Crippen molar-refractivity contribution in [2.75, 3.05) is 17.2 Å². The van der Waals surface area contributed by atoms with E-state index in [1.54, 1.807) is 42.5 Å². The van der Waals surface area contributed by atoms with Crippen molar-refractivity contribution in [2.24, 2.45) is 0 Å². The fourth-order valence-electron chi connectivity index (χ4n) is 2.09. The van der Waals surface area contributed by atoms with Gasteiger partial charge in [-0.05, 0) is 48.9 Å². The Balaban J connectivity index is 2.08. The Morgan fingerprint density at radius 1 is 1.12 bits per heavy atom. The van der Waals surface area contributed by atoms with Gasteiger partial charge in [-0.3, -0.25) is 9.59 Å². The van der Waals surface area contributed by atoms with Crippen LogP contribution in [0.25, 0.3) is 0 Å². The van der Waals surface area contributed by atoms with Crippen molar-refractivity contribution >= 4 is 23.2 Å². The quantitative estimate of drug-likeness (QED) is 0.795. The van der Waals surface area contributed by atoms with Crippen LogP contribution in [0.15, 0.2) is 55.1 Å². The summed E-state index contributed by atoms with van der Waals surface area (Å²) in [6.07, 6.45) is 1.66. The molecular formula is C19H20N2O3. The molecule has 24 heavy (non-hydrogen) atoms. The number of carbonyl (C=O) groups is 2. The monoisotopic (exact) mass is 324 g/mol. The summed E-state index contributed by atoms with van der Waals surface area (Å²) in [4.78, 5) is 23.5. The minimum atomic E-state index is -0.233. The molecule has 2 aromatic rings. The molecule has 5 nitrogen and oxygen atoms in total. The van der Waals surface area contributed by atoms with Gasteiger partial charge in [0.1, 0.15) is 12.4 Å². The SMILES string of the molecule is C=CCOc1ccc(C(=O)Nc2ccc(C)c(NC(C)=O)c2)cc1. The van der Waals surface area contributed by atoms with Gasteiger partial charge in [-0.25, -0.2) is 0 Å². The highest BCUT2D eigenvalue weighted by Gasteiger charge is 2.08. The van der Waals surface area contributed by atoms with Crippen LogP contribution in [0.1, 0.15) is 22.8 Å². The molecule has 0 saturated heterocycles. The van der Waals surface area contributed by atoms with E-state index in [9.17, 15) is 9.59 Å². The molecule has 0 radical (unpaired) electrons. The maximum atomic E-state index is 12.3. The van der Waals surface area contributed by atoms with Gasteiger partial charge in [0.2, 0.25) is 5.91 Å². The largest absolute Gasteiger partial charge is 0.490 e. The van der Waals surface area contributed by atoms with Crippen LogP contribution in [-0.4, -0.2) is 18.4 Å². The van der Waals surface area contributed by atoms with Gasteiger partial charge < -0.3 is 15.4 Å². The molecule has 124 valence electrons. The first-order chi connectivity index (χ1) is 11.5. The van der Waals surface area contributed by atoms with Gasteiger partial charge in [0.05, 0.1) is 0 Å². The fraction of sp³-hybridized carbons (Fsp3) is 0.158. The van der Waals surface area contributed by atoms with E-state index in [1.165, 1.54) is 6.92 Å². The Morgan fingerprint density at radius 3 is 2.46 bits per heavy atom. The summed E-state index contributed by atoms with van der Waals surface area (Å²) < 4.78 is 5.38. The molecule has 5 heteroatoms. The van der Waals surface area contributed by atoms with Gasteiger partial charge in [0.25, 0.3) is 5.91 Å². The molecule has 0 aromatic heterocycles. The number of aryl methyl sites for hydroxylation is 1. The number of hydrogen-bond donors (Lipinski definition) is 2. The highest BCUT2D eigenvalue weighted by molar-refractivity contribution is 6.04. The molecular weight excluding hydrogens is 304 g/mol. The van der Waals surface area contributed by atoms with Crippen molar-refractivity contribution in [3.63, 3.8) is 0 Å². The first-order valence-electron chi connectivity index (χ1n) is 7.53. The number of rotatable bonds is 6. The highest BCUT2D eigenvalue weighted by atomic mass is 16.5. The molecule has 0 bridgehead atoms. The molecule has 2 amide bonds. The number of nitrogens with one attached hydrogen (secondary N) is 2. The second-order valence-electron chi connectivity index (χ2n) is 5.29. The third-order valence-corrected chi connectivity index (χ3v) is 3.29. The van der Waals surface area contributed by atoms with E-state index in [0.717, 1.165) is 5.56 Å². The summed E-state index contributed by atoms with van der Waals surface area (Å²) in [6, 6.07) is 12.2. The number of ether oxygens (including phenoxy) is 1. The Hall–Kier alpha value is -3.08. The molecule has 0 saturated carbocycles. The smallest absolute Gasteiger partial charge is 0.255 e. The van der Waals surface area contributed by atoms with Gasteiger partial charge in [0, 0.05) is 23.9 Å². The number of carbonyl (C=O) groups excluding carboxylic acids is 2. The molecule has 2 aromatic carbocycles. The van der Waals surface area contributed by atoms with Crippen LogP contribution in [0.4, 0.5) is 11.4 Å². The van der Waals surface area contributed by atoms with Crippen LogP contribution in [0.2, 0.25) is 0 Å². The van der Waals surface area contributed by atoms with Crippen molar-refractivity contribution in [3.8, 4) is 5.75 Å². The van der Waals surface area contributed by atoms with E-state index >= 15 is 0 Å². The second kappa shape index (κ2) is 7.97. The van der Waals surface area contributed by atoms with Crippen LogP contribution in [0.5, 0.6) is 5.75 Å². The Morgan fingerprint density at radius 2 is 1.83 bits per heavy atom. The standard InChI is InChI=1S/C19H20N2O3/c1-4-11-24-17-9-6-15(7-10-17)19(23)21-16-8-5-13(2)18(12-16)20-14(3)22/h4-10,12H,1,11H2,2-3H3,(H,20,22)(H,21,23). The maximum absolute atomic E-state index is 12.3. The average molecular weight is 324 g/mol. The first kappa shape index (κ1) is 17.3. The molecule has 0 heterocycles. The first-order valence-corrected chi connectivity index (χ1v) is 7.53. The van der Waals surface area contributed by atoms with Gasteiger partial charge in [0.15, 0.2) is 0 Å². The summed E-state index contributed by atoms with van der Waals surface area (Å²) in [5.74, 6) is 0.286. The predicted molar refractivity (Wildman–Crippen MR) is 95.6 cm³/mol. The lowest BCUT2D eigenvalue weighted by Crippen LogP contribution is -2.13. The predicted octanol–water partition coefficient (Wildman–Crippen LogP) is 3.77. The van der Waals surface area contributed by atoms with E-state index < -0.39 is 0 Å². The molecule has 0 unspecified atom stereocenters. The summed E-state index contributed by atoms with van der Waals surface area (Å²) in [5, 5.41) is 5.55. The molecule has 0 aliphatic rings. The van der Waals surface area contributed by atoms with Gasteiger partial charge >= 0.3 is 0 Å². The van der Waals surface area contributed by atoms with Crippen molar-refractivity contribution in [1.82, 2.24) is 0 Å². The molecule has 0 spiro atoms. The zero-order valence-corrected chi connectivity index (χ0v) is 13.8. The zero-order chi connectivity index (χ0) is 17.5. The Kier molecular flexibility index (Phi) is 5.73. The second-order valence-corrected chi connectivity index (χ2v) is 5.29. The zero-order valence-electron chi connectivity index (χ0n) is 13.8. The molecule has 2 rings (SSSR count). The van der Waals surface area contributed by atoms with Crippen LogP contribution in [0.3, 0.4) is 0 Å². The Labute approximate surface area is 141 Å². The fourth-order valence-corrected chi connectivity index (χ4v) is 2.09. The summed E-state index contributed by atoms with van der Waals surface area (Å²) in [6.45, 7) is 7.33. The van der Waals surface area contributed by atoms with Crippen LogP contribution in [0, 0.1) is 6.92 Å². The highest BCUT2D eigenvalue weighted by Crippen LogP contribution is 2.21. The van der Waals surface area contributed by atoms with E-state index in [1.807, 2.05) is 13.0 Å². The maximum Gasteiger partial charge on any atom is 0.255 e. The summed E-state index contributed by atoms with van der Waals surface area (Å²) in [7, 11) is 0. The lowest BCUT2D eigenvalue weighted by molar-refractivity contribution is -0.114. The average Bonchev–Trinajstić information content (AvgIpc) is 2.56. The lowest BCUT2D eigenvalue weighted by Gasteiger charge is -2.11. The normalized spacial score (nSPS) is 9.92. The van der Waals surface area contributed by atoms with E-state index in [2.05, 4.69) is 17.2 Å². The van der Waals surface area contributed by atoms with Gasteiger partial charge in [-0.15, -0.1) is 0 Å². The van der Waals surface area contributed by atoms with Gasteiger partial charge in [-0.2, -0.15) is 0 Å². The number of hydrogen-bond acceptors (Lipinski definition) is 3. The van der Waals surface area contributed by atoms with Crippen LogP contribution >= 0.6 is 0 Å². The van der Waals surface area contributed by atoms with Crippen molar-refractivity contribution in [3.05, 3.63) is 66.2 Å². The van der Waals surface area contributed by atoms with Crippen molar-refractivity contribution < 1.29 is 14.3 Å². The van der Waals surface area contributed by atoms with Crippen LogP contribution in [-0.2, 0) is 4.79 Å².